The van der Waals surface area contributed by atoms with E-state index in [-0.39, 0.29) is 0 Å². The minimum absolute atomic E-state index is 1.10. The molecule has 0 aromatic heterocycles. The van der Waals surface area contributed by atoms with E-state index in [1.54, 1.807) is 0 Å². The van der Waals surface area contributed by atoms with Crippen LogP contribution in [-0.2, 0) is 12.8 Å². The van der Waals surface area contributed by atoms with Gasteiger partial charge in [0.05, 0.1) is 0 Å². The van der Waals surface area contributed by atoms with E-state index in [0.717, 1.165) is 12.8 Å². The molecule has 0 N–H and O–H groups in total. The van der Waals surface area contributed by atoms with Gasteiger partial charge in [0.15, 0.2) is 0 Å². The Balaban J connectivity index is 0.000000798. The summed E-state index contributed by atoms with van der Waals surface area (Å²) in [7, 11) is 0. The predicted octanol–water partition coefficient (Wildman–Crippen LogP) is 8.20. The van der Waals surface area contributed by atoms with Crippen molar-refractivity contribution in [1.29, 1.82) is 0 Å². The summed E-state index contributed by atoms with van der Waals surface area (Å²) in [5, 5.41) is 5.39. The van der Waals surface area contributed by atoms with Gasteiger partial charge < -0.3 is 0 Å². The normalized spacial score (nSPS) is 9.17. The molecule has 132 valence electrons. The van der Waals surface area contributed by atoms with Crippen molar-refractivity contribution in [3.8, 4) is 0 Å². The maximum Gasteiger partial charge on any atom is -0.0175 e. The van der Waals surface area contributed by atoms with Crippen molar-refractivity contribution in [1.82, 2.24) is 0 Å². The van der Waals surface area contributed by atoms with E-state index in [1.165, 1.54) is 32.7 Å². The molecule has 0 aliphatic heterocycles. The fraction of sp³-hybridized carbons (Fsp3) is 0.417. The van der Waals surface area contributed by atoms with Crippen LogP contribution in [0.1, 0.15) is 66.5 Å². The lowest BCUT2D eigenvalue weighted by molar-refractivity contribution is 1.14. The Morgan fingerprint density at radius 2 is 0.792 bits per heavy atom. The van der Waals surface area contributed by atoms with Gasteiger partial charge in [-0.1, -0.05) is 91.8 Å². The fourth-order valence-electron chi connectivity index (χ4n) is 2.54. The van der Waals surface area contributed by atoms with Crippen LogP contribution >= 0.6 is 0 Å². The molecule has 0 aliphatic carbocycles. The Morgan fingerprint density at radius 3 is 1.08 bits per heavy atom. The molecular weight excluding hydrogens is 288 g/mol. The average molecular weight is 325 g/mol. The molecule has 0 saturated heterocycles. The van der Waals surface area contributed by atoms with E-state index in [9.17, 15) is 0 Å². The Bertz CT molecular complexity index is 644. The largest absolute Gasteiger partial charge is 0.0683 e. The topological polar surface area (TPSA) is 0 Å². The van der Waals surface area contributed by atoms with Crippen molar-refractivity contribution in [3.63, 3.8) is 0 Å². The van der Waals surface area contributed by atoms with Crippen LogP contribution in [0.5, 0.6) is 0 Å². The Hall–Kier alpha value is -1.82. The summed E-state index contributed by atoms with van der Waals surface area (Å²) in [6, 6.07) is 18.2. The lowest BCUT2D eigenvalue weighted by Gasteiger charge is -2.06. The molecule has 0 nitrogen and oxygen atoms in total. The van der Waals surface area contributed by atoms with E-state index in [1.807, 2.05) is 41.5 Å². The number of fused-ring (bicyclic) bond motifs is 2. The SMILES string of the molecule is CC.CC.CC.CCc1ccc2cc3cc(CC)ccc3cc2c1. The lowest BCUT2D eigenvalue weighted by atomic mass is 9.99. The van der Waals surface area contributed by atoms with E-state index in [0.29, 0.717) is 0 Å². The summed E-state index contributed by atoms with van der Waals surface area (Å²) in [6.07, 6.45) is 2.20. The maximum atomic E-state index is 2.31. The van der Waals surface area contributed by atoms with Gasteiger partial charge in [0.2, 0.25) is 0 Å². The first-order valence-electron chi connectivity index (χ1n) is 9.75. The predicted molar refractivity (Wildman–Crippen MR) is 114 cm³/mol. The van der Waals surface area contributed by atoms with Crippen molar-refractivity contribution in [2.45, 2.75) is 68.2 Å². The summed E-state index contributed by atoms with van der Waals surface area (Å²) in [4.78, 5) is 0. The zero-order valence-electron chi connectivity index (χ0n) is 17.0. The molecular formula is C24H36. The molecule has 0 heterocycles. The fourth-order valence-corrected chi connectivity index (χ4v) is 2.54. The molecule has 0 saturated carbocycles. The molecule has 0 amide bonds. The van der Waals surface area contributed by atoms with Gasteiger partial charge in [0.1, 0.15) is 0 Å². The van der Waals surface area contributed by atoms with Gasteiger partial charge in [-0.15, -0.1) is 0 Å². The number of aryl methyl sites for hydroxylation is 2. The second kappa shape index (κ2) is 12.6. The second-order valence-electron chi connectivity index (χ2n) is 4.92. The molecule has 3 aromatic carbocycles. The van der Waals surface area contributed by atoms with Gasteiger partial charge >= 0.3 is 0 Å². The quantitative estimate of drug-likeness (QED) is 0.417. The lowest BCUT2D eigenvalue weighted by Crippen LogP contribution is -1.83. The van der Waals surface area contributed by atoms with E-state index >= 15 is 0 Å². The highest BCUT2D eigenvalue weighted by Gasteiger charge is 2.00. The zero-order chi connectivity index (χ0) is 18.5. The number of rotatable bonds is 2. The van der Waals surface area contributed by atoms with Crippen LogP contribution in [0.2, 0.25) is 0 Å². The van der Waals surface area contributed by atoms with E-state index in [2.05, 4.69) is 62.4 Å². The monoisotopic (exact) mass is 324 g/mol. The number of hydrogen-bond donors (Lipinski definition) is 0. The van der Waals surface area contributed by atoms with Gasteiger partial charge in [-0.25, -0.2) is 0 Å². The van der Waals surface area contributed by atoms with Crippen molar-refractivity contribution < 1.29 is 0 Å². The van der Waals surface area contributed by atoms with Crippen LogP contribution < -0.4 is 0 Å². The summed E-state index contributed by atoms with van der Waals surface area (Å²) in [5.74, 6) is 0. The number of hydrogen-bond acceptors (Lipinski definition) is 0. The zero-order valence-corrected chi connectivity index (χ0v) is 17.0. The molecule has 3 aromatic rings. The third kappa shape index (κ3) is 5.67. The third-order valence-corrected chi connectivity index (χ3v) is 3.74. The average Bonchev–Trinajstić information content (AvgIpc) is 2.70. The van der Waals surface area contributed by atoms with Crippen molar-refractivity contribution in [2.24, 2.45) is 0 Å². The molecule has 0 fully saturated rings. The molecule has 24 heavy (non-hydrogen) atoms. The first-order valence-corrected chi connectivity index (χ1v) is 9.75. The maximum absolute atomic E-state index is 2.31. The van der Waals surface area contributed by atoms with Crippen LogP contribution in [0.15, 0.2) is 48.5 Å². The van der Waals surface area contributed by atoms with Gasteiger partial charge in [-0.3, -0.25) is 0 Å². The van der Waals surface area contributed by atoms with Gasteiger partial charge in [-0.2, -0.15) is 0 Å². The Morgan fingerprint density at radius 1 is 0.458 bits per heavy atom. The minimum Gasteiger partial charge on any atom is -0.0683 e. The van der Waals surface area contributed by atoms with Crippen LogP contribution in [0.3, 0.4) is 0 Å². The summed E-state index contributed by atoms with van der Waals surface area (Å²) in [6.45, 7) is 16.4. The molecule has 0 unspecified atom stereocenters. The molecule has 0 atom stereocenters. The Labute approximate surface area is 149 Å². The van der Waals surface area contributed by atoms with Crippen molar-refractivity contribution >= 4 is 21.5 Å². The first kappa shape index (κ1) is 22.2. The van der Waals surface area contributed by atoms with Crippen molar-refractivity contribution in [2.75, 3.05) is 0 Å². The standard InChI is InChI=1S/C18H18.3C2H6/c1-3-13-5-7-15-12-18-10-14(4-2)6-8-16(18)11-17(15)9-13;3*1-2/h5-12H,3-4H2,1-2H3;3*1-2H3. The van der Waals surface area contributed by atoms with Crippen LogP contribution in [0.25, 0.3) is 21.5 Å². The van der Waals surface area contributed by atoms with E-state index < -0.39 is 0 Å². The first-order chi connectivity index (χ1) is 11.8. The highest BCUT2D eigenvalue weighted by atomic mass is 14.0. The summed E-state index contributed by atoms with van der Waals surface area (Å²) >= 11 is 0. The number of benzene rings is 3. The molecule has 3 rings (SSSR count). The van der Waals surface area contributed by atoms with Gasteiger partial charge in [0, 0.05) is 0 Å². The van der Waals surface area contributed by atoms with Crippen LogP contribution in [0.4, 0.5) is 0 Å². The molecule has 0 aliphatic rings. The molecule has 0 spiro atoms. The van der Waals surface area contributed by atoms with Gasteiger partial charge in [0.25, 0.3) is 0 Å². The molecule has 0 bridgehead atoms. The van der Waals surface area contributed by atoms with Crippen molar-refractivity contribution in [3.05, 3.63) is 59.7 Å². The summed E-state index contributed by atoms with van der Waals surface area (Å²) < 4.78 is 0. The second-order valence-corrected chi connectivity index (χ2v) is 4.92. The third-order valence-electron chi connectivity index (χ3n) is 3.74. The Kier molecular flexibility index (Phi) is 11.6. The minimum atomic E-state index is 1.10. The smallest absolute Gasteiger partial charge is 0.0175 e. The summed E-state index contributed by atoms with van der Waals surface area (Å²) in [5.41, 5.74) is 2.82. The van der Waals surface area contributed by atoms with Crippen LogP contribution in [-0.4, -0.2) is 0 Å². The van der Waals surface area contributed by atoms with Gasteiger partial charge in [-0.05, 0) is 57.6 Å². The molecule has 0 radical (unpaired) electrons. The molecule has 0 heteroatoms. The van der Waals surface area contributed by atoms with E-state index in [4.69, 9.17) is 0 Å². The van der Waals surface area contributed by atoms with Crippen LogP contribution in [0, 0.1) is 0 Å². The highest BCUT2D eigenvalue weighted by molar-refractivity contribution is 5.98. The highest BCUT2D eigenvalue weighted by Crippen LogP contribution is 2.25.